The van der Waals surface area contributed by atoms with Crippen LogP contribution < -0.4 is 10.0 Å². The van der Waals surface area contributed by atoms with E-state index in [1.807, 2.05) is 12.1 Å². The number of anilines is 1. The van der Waals surface area contributed by atoms with E-state index >= 15 is 0 Å². The molecule has 2 aromatic heterocycles. The summed E-state index contributed by atoms with van der Waals surface area (Å²) in [4.78, 5) is 8.45. The van der Waals surface area contributed by atoms with Gasteiger partial charge in [0, 0.05) is 41.2 Å². The van der Waals surface area contributed by atoms with Crippen molar-refractivity contribution < 1.29 is 17.2 Å². The number of aromatic nitrogens is 2. The van der Waals surface area contributed by atoms with Crippen LogP contribution in [-0.4, -0.2) is 36.6 Å². The highest BCUT2D eigenvalue weighted by Gasteiger charge is 2.33. The smallest absolute Gasteiger partial charge is 0.241 e. The lowest BCUT2D eigenvalue weighted by Gasteiger charge is -2.18. The van der Waals surface area contributed by atoms with Gasteiger partial charge in [0.05, 0.1) is 16.8 Å². The summed E-state index contributed by atoms with van der Waals surface area (Å²) in [6.45, 7) is 2.37. The van der Waals surface area contributed by atoms with Crippen LogP contribution in [0.3, 0.4) is 0 Å². The maximum absolute atomic E-state index is 14.2. The summed E-state index contributed by atoms with van der Waals surface area (Å²) < 4.78 is 56.8. The molecule has 2 aliphatic rings. The van der Waals surface area contributed by atoms with Gasteiger partial charge in [-0.05, 0) is 74.9 Å². The first-order valence-corrected chi connectivity index (χ1v) is 12.6. The Labute approximate surface area is 191 Å². The van der Waals surface area contributed by atoms with E-state index in [-0.39, 0.29) is 17.5 Å². The highest BCUT2D eigenvalue weighted by molar-refractivity contribution is 7.89. The summed E-state index contributed by atoms with van der Waals surface area (Å²) in [5, 5.41) is 4.70. The fraction of sp³-hybridized carbons (Fsp3) is 0.417. The van der Waals surface area contributed by atoms with Crippen LogP contribution in [0.15, 0.2) is 41.6 Å². The van der Waals surface area contributed by atoms with Crippen LogP contribution in [-0.2, 0) is 22.9 Å². The summed E-state index contributed by atoms with van der Waals surface area (Å²) in [7, 11) is -3.98. The van der Waals surface area contributed by atoms with Crippen LogP contribution >= 0.6 is 0 Å². The minimum absolute atomic E-state index is 0.0773. The molecule has 174 valence electrons. The molecule has 0 amide bonds. The number of pyridine rings is 2. The van der Waals surface area contributed by atoms with E-state index in [1.54, 1.807) is 12.3 Å². The molecule has 0 aliphatic heterocycles. The second-order valence-corrected chi connectivity index (χ2v) is 11.3. The lowest BCUT2D eigenvalue weighted by atomic mass is 10.0. The van der Waals surface area contributed by atoms with Crippen molar-refractivity contribution in [3.63, 3.8) is 0 Å². The number of hydrogen-bond donors (Lipinski definition) is 2. The Morgan fingerprint density at radius 3 is 2.58 bits per heavy atom. The minimum Gasteiger partial charge on any atom is -0.380 e. The van der Waals surface area contributed by atoms with Crippen LogP contribution in [0, 0.1) is 5.95 Å². The van der Waals surface area contributed by atoms with Crippen molar-refractivity contribution in [1.29, 1.82) is 0 Å². The van der Waals surface area contributed by atoms with E-state index < -0.39 is 21.6 Å². The predicted octanol–water partition coefficient (Wildman–Crippen LogP) is 4.25. The zero-order chi connectivity index (χ0) is 23.4. The van der Waals surface area contributed by atoms with E-state index in [1.165, 1.54) is 26.1 Å². The topological polar surface area (TPSA) is 84.0 Å². The van der Waals surface area contributed by atoms with Crippen molar-refractivity contribution in [3.05, 3.63) is 59.4 Å². The van der Waals surface area contributed by atoms with E-state index in [4.69, 9.17) is 0 Å². The van der Waals surface area contributed by atoms with Crippen LogP contribution in [0.2, 0.25) is 0 Å². The third-order valence-corrected chi connectivity index (χ3v) is 7.68. The van der Waals surface area contributed by atoms with Gasteiger partial charge in [0.25, 0.3) is 0 Å². The predicted molar refractivity (Wildman–Crippen MR) is 123 cm³/mol. The molecule has 5 rings (SSSR count). The van der Waals surface area contributed by atoms with Gasteiger partial charge in [-0.25, -0.2) is 22.5 Å². The first kappa shape index (κ1) is 22.2. The van der Waals surface area contributed by atoms with Crippen LogP contribution in [0.5, 0.6) is 0 Å². The average molecular weight is 473 g/mol. The minimum atomic E-state index is -3.98. The fourth-order valence-electron chi connectivity index (χ4n) is 4.41. The maximum Gasteiger partial charge on any atom is 0.241 e. The molecule has 33 heavy (non-hydrogen) atoms. The molecule has 1 atom stereocenters. The van der Waals surface area contributed by atoms with Crippen LogP contribution in [0.1, 0.15) is 49.4 Å². The Hall–Kier alpha value is -2.65. The monoisotopic (exact) mass is 472 g/mol. The Balaban J connectivity index is 1.56. The third-order valence-electron chi connectivity index (χ3n) is 6.15. The van der Waals surface area contributed by atoms with Crippen molar-refractivity contribution in [2.75, 3.05) is 11.9 Å². The van der Waals surface area contributed by atoms with Gasteiger partial charge in [0.1, 0.15) is 5.67 Å². The lowest BCUT2D eigenvalue weighted by Crippen LogP contribution is -2.36. The number of nitrogens with zero attached hydrogens (tertiary/aromatic N) is 2. The summed E-state index contributed by atoms with van der Waals surface area (Å²) in [6.07, 6.45) is 6.34. The maximum atomic E-state index is 14.2. The normalized spacial score (nSPS) is 18.5. The van der Waals surface area contributed by atoms with Gasteiger partial charge in [-0.2, -0.15) is 4.39 Å². The lowest BCUT2D eigenvalue weighted by molar-refractivity contribution is 0.221. The summed E-state index contributed by atoms with van der Waals surface area (Å²) in [5.74, 6) is -0.188. The Morgan fingerprint density at radius 1 is 1.12 bits per heavy atom. The molecule has 1 saturated carbocycles. The number of sulfonamides is 1. The molecule has 6 nitrogen and oxygen atoms in total. The SMILES string of the molecule is CC(C)(F)CNS(=O)(=O)c1c2c(cc3cnc(C4CC4)cc13)C[C@@H](Nc1ccc(F)nc1)C2. The number of nitrogens with one attached hydrogen (secondary N) is 2. The van der Waals surface area contributed by atoms with Crippen molar-refractivity contribution >= 4 is 26.5 Å². The van der Waals surface area contributed by atoms with Gasteiger partial charge < -0.3 is 5.32 Å². The number of hydrogen-bond acceptors (Lipinski definition) is 5. The molecule has 0 bridgehead atoms. The van der Waals surface area contributed by atoms with Crippen LogP contribution in [0.25, 0.3) is 10.8 Å². The standard InChI is InChI=1S/C24H26F2N4O2S/c1-24(2,26)13-29-33(31,32)23-19-9-18(30-17-5-6-22(25)28-12-17)8-15(19)7-16-11-27-21(10-20(16)23)14-3-4-14/h5-7,10-12,14,18,29-30H,3-4,8-9,13H2,1-2H3/t18-/m1/s1. The van der Waals surface area contributed by atoms with Crippen molar-refractivity contribution in [1.82, 2.24) is 14.7 Å². The number of fused-ring (bicyclic) bond motifs is 2. The van der Waals surface area contributed by atoms with E-state index in [0.717, 1.165) is 35.0 Å². The number of benzene rings is 1. The third kappa shape index (κ3) is 4.70. The molecule has 2 aliphatic carbocycles. The molecular formula is C24H26F2N4O2S. The van der Waals surface area contributed by atoms with E-state index in [0.29, 0.717) is 29.8 Å². The highest BCUT2D eigenvalue weighted by Crippen LogP contribution is 2.42. The van der Waals surface area contributed by atoms with Gasteiger partial charge in [0.15, 0.2) is 0 Å². The van der Waals surface area contributed by atoms with E-state index in [2.05, 4.69) is 20.0 Å². The van der Waals surface area contributed by atoms with Gasteiger partial charge in [-0.15, -0.1) is 0 Å². The van der Waals surface area contributed by atoms with Gasteiger partial charge in [0.2, 0.25) is 16.0 Å². The van der Waals surface area contributed by atoms with Crippen LogP contribution in [0.4, 0.5) is 14.5 Å². The molecule has 2 N–H and O–H groups in total. The molecule has 2 heterocycles. The van der Waals surface area contributed by atoms with Gasteiger partial charge in [-0.1, -0.05) is 0 Å². The molecule has 3 aromatic rings. The zero-order valence-electron chi connectivity index (χ0n) is 18.5. The number of halogens is 2. The Kier molecular flexibility index (Phi) is 5.36. The molecule has 0 spiro atoms. The largest absolute Gasteiger partial charge is 0.380 e. The Morgan fingerprint density at radius 2 is 1.91 bits per heavy atom. The second kappa shape index (κ2) is 7.99. The first-order chi connectivity index (χ1) is 15.6. The number of alkyl halides is 1. The van der Waals surface area contributed by atoms with E-state index in [9.17, 15) is 17.2 Å². The summed E-state index contributed by atoms with van der Waals surface area (Å²) in [6, 6.07) is 6.69. The molecule has 1 aromatic carbocycles. The first-order valence-electron chi connectivity index (χ1n) is 11.1. The average Bonchev–Trinajstić information content (AvgIpc) is 3.52. The summed E-state index contributed by atoms with van der Waals surface area (Å²) >= 11 is 0. The van der Waals surface area contributed by atoms with Crippen molar-refractivity contribution in [2.24, 2.45) is 0 Å². The quantitative estimate of drug-likeness (QED) is 0.502. The number of rotatable bonds is 7. The highest BCUT2D eigenvalue weighted by atomic mass is 32.2. The van der Waals surface area contributed by atoms with Gasteiger partial charge >= 0.3 is 0 Å². The molecular weight excluding hydrogens is 446 g/mol. The van der Waals surface area contributed by atoms with Gasteiger partial charge in [-0.3, -0.25) is 4.98 Å². The fourth-order valence-corrected chi connectivity index (χ4v) is 6.10. The molecule has 0 unspecified atom stereocenters. The molecule has 0 radical (unpaired) electrons. The Bertz CT molecular complexity index is 1320. The zero-order valence-corrected chi connectivity index (χ0v) is 19.3. The molecule has 0 saturated heterocycles. The van der Waals surface area contributed by atoms with Crippen molar-refractivity contribution in [3.8, 4) is 0 Å². The molecule has 9 heteroatoms. The summed E-state index contributed by atoms with van der Waals surface area (Å²) in [5.41, 5.74) is 1.53. The second-order valence-electron chi connectivity index (χ2n) is 9.61. The molecule has 1 fully saturated rings. The van der Waals surface area contributed by atoms with Crippen molar-refractivity contribution in [2.45, 2.75) is 62.1 Å².